The maximum absolute atomic E-state index is 5.08. The fraction of sp³-hybridized carbons (Fsp3) is 0.556. The Morgan fingerprint density at radius 2 is 0.511 bits per heavy atom. The second-order valence-electron chi connectivity index (χ2n) is 16.3. The van der Waals surface area contributed by atoms with E-state index in [4.69, 9.17) is 19.9 Å². The number of fused-ring (bicyclic) bond motifs is 2. The van der Waals surface area contributed by atoms with Gasteiger partial charge in [0.1, 0.15) is 0 Å². The molecular weight excluding hydrogens is 809 g/mol. The van der Waals surface area contributed by atoms with Gasteiger partial charge in [0.25, 0.3) is 0 Å². The number of benzene rings is 2. The van der Waals surface area contributed by atoms with Gasteiger partial charge in [0.15, 0.2) is 0 Å². The van der Waals surface area contributed by atoms with Gasteiger partial charge in [-0.25, -0.2) is 19.9 Å². The van der Waals surface area contributed by atoms with Crippen LogP contribution in [0, 0.1) is 0 Å². The van der Waals surface area contributed by atoms with Crippen molar-refractivity contribution in [2.45, 2.75) is 104 Å². The molecule has 4 unspecified atom stereocenters. The average Bonchev–Trinajstić information content (AvgIpc) is 2.92. The number of rotatable bonds is 4. The number of aromatic nitrogens is 4. The molecular formula is C36H60AuN4P4+4. The van der Waals surface area contributed by atoms with Crippen LogP contribution < -0.4 is 21.7 Å². The number of hydrogen-bond donors (Lipinski definition) is 0. The Kier molecular flexibility index (Phi) is 14.0. The zero-order valence-electron chi connectivity index (χ0n) is 30.7. The fourth-order valence-electron chi connectivity index (χ4n) is 4.47. The van der Waals surface area contributed by atoms with Crippen LogP contribution in [0.3, 0.4) is 0 Å². The largest absolute Gasteiger partial charge is 0.242 e. The van der Waals surface area contributed by atoms with Crippen LogP contribution in [0.15, 0.2) is 48.5 Å². The van der Waals surface area contributed by atoms with Gasteiger partial charge in [-0.15, -0.1) is 0 Å². The van der Waals surface area contributed by atoms with Crippen LogP contribution in [0.25, 0.3) is 22.1 Å². The SMILES string of the molecule is C[PH+](c1nc2ccccc2nc1[PH+](C)C(C)(C)C)C(C)(C)C.C[PH+](c1nc2ccccc2nc1[PH+](C)C(C)(C)C)C(C)(C)C.[Au]. The first-order valence-electron chi connectivity index (χ1n) is 15.9. The van der Waals surface area contributed by atoms with E-state index in [1.54, 1.807) is 0 Å². The van der Waals surface area contributed by atoms with E-state index in [2.05, 4.69) is 158 Å². The second kappa shape index (κ2) is 15.4. The first kappa shape index (κ1) is 40.8. The molecule has 4 rings (SSSR count). The van der Waals surface area contributed by atoms with Gasteiger partial charge in [-0.1, -0.05) is 24.3 Å². The van der Waals surface area contributed by atoms with Crippen molar-refractivity contribution >= 4 is 75.5 Å². The molecule has 4 aromatic rings. The fourth-order valence-corrected chi connectivity index (χ4v) is 12.4. The molecule has 0 N–H and O–H groups in total. The zero-order valence-corrected chi connectivity index (χ0v) is 36.9. The summed E-state index contributed by atoms with van der Waals surface area (Å²) in [6, 6.07) is 16.6. The molecule has 1 radical (unpaired) electrons. The van der Waals surface area contributed by atoms with Crippen molar-refractivity contribution in [1.82, 2.24) is 19.9 Å². The van der Waals surface area contributed by atoms with Gasteiger partial charge in [-0.2, -0.15) is 0 Å². The van der Waals surface area contributed by atoms with E-state index >= 15 is 0 Å². The smallest absolute Gasteiger partial charge is 0.207 e. The van der Waals surface area contributed by atoms with E-state index in [1.807, 2.05) is 0 Å². The van der Waals surface area contributed by atoms with Crippen LogP contribution in [0.5, 0.6) is 0 Å². The molecule has 9 heteroatoms. The summed E-state index contributed by atoms with van der Waals surface area (Å²) in [5, 5.41) is 1.15. The van der Waals surface area contributed by atoms with E-state index in [-0.39, 0.29) is 43.0 Å². The van der Waals surface area contributed by atoms with Gasteiger partial charge in [0.2, 0.25) is 21.7 Å². The minimum atomic E-state index is -0.755. The molecule has 2 heterocycles. The topological polar surface area (TPSA) is 51.6 Å². The molecule has 0 aliphatic rings. The third-order valence-electron chi connectivity index (χ3n) is 9.06. The molecule has 0 spiro atoms. The summed E-state index contributed by atoms with van der Waals surface area (Å²) in [4.78, 5) is 20.3. The summed E-state index contributed by atoms with van der Waals surface area (Å²) < 4.78 is 0. The molecule has 0 aliphatic carbocycles. The third kappa shape index (κ3) is 10.3. The van der Waals surface area contributed by atoms with Gasteiger partial charge in [-0.05, 0) is 107 Å². The molecule has 2 aromatic heterocycles. The predicted octanol–water partition coefficient (Wildman–Crippen LogP) is 8.33. The summed E-state index contributed by atoms with van der Waals surface area (Å²) in [6.45, 7) is 37.6. The molecule has 45 heavy (non-hydrogen) atoms. The van der Waals surface area contributed by atoms with Crippen LogP contribution >= 0.6 is 31.7 Å². The van der Waals surface area contributed by atoms with Crippen LogP contribution in [-0.2, 0) is 22.4 Å². The molecule has 0 saturated heterocycles. The summed E-state index contributed by atoms with van der Waals surface area (Å²) in [6.07, 6.45) is 0. The predicted molar refractivity (Wildman–Crippen MR) is 214 cm³/mol. The normalized spacial score (nSPS) is 15.5. The Morgan fingerprint density at radius 1 is 0.356 bits per heavy atom. The Hall–Kier alpha value is -0.420. The Morgan fingerprint density at radius 3 is 0.644 bits per heavy atom. The number of nitrogens with zero attached hydrogens (tertiary/aromatic N) is 4. The van der Waals surface area contributed by atoms with Crippen molar-refractivity contribution in [3.63, 3.8) is 0 Å². The van der Waals surface area contributed by atoms with E-state index in [0.29, 0.717) is 0 Å². The standard InChI is InChI=1S/2C18H28N2P2.Au/c2*1-17(2,3)21(7)15-16(22(8)18(4,5)6)20-14-12-10-9-11-13(14)19-15;/h2*9-12H,1-8H3;/p+4. The van der Waals surface area contributed by atoms with E-state index in [0.717, 1.165) is 22.1 Å². The van der Waals surface area contributed by atoms with Crippen molar-refractivity contribution in [2.75, 3.05) is 26.7 Å². The molecule has 251 valence electrons. The van der Waals surface area contributed by atoms with Crippen molar-refractivity contribution in [3.05, 3.63) is 48.5 Å². The molecule has 0 aliphatic heterocycles. The molecule has 0 amide bonds. The zero-order chi connectivity index (χ0) is 33.4. The molecule has 4 nitrogen and oxygen atoms in total. The van der Waals surface area contributed by atoms with Gasteiger partial charge >= 0.3 is 0 Å². The monoisotopic (exact) mass is 869 g/mol. The Balaban J connectivity index is 0.000000307. The Bertz CT molecular complexity index is 1350. The van der Waals surface area contributed by atoms with E-state index in [9.17, 15) is 0 Å². The van der Waals surface area contributed by atoms with Gasteiger partial charge in [0.05, 0.1) is 101 Å². The maximum Gasteiger partial charge on any atom is 0.242 e. The first-order chi connectivity index (χ1) is 20.0. The number of hydrogen-bond acceptors (Lipinski definition) is 4. The minimum Gasteiger partial charge on any atom is -0.207 e. The van der Waals surface area contributed by atoms with Crippen LogP contribution in [0.2, 0.25) is 0 Å². The number of para-hydroxylation sites is 4. The summed E-state index contributed by atoms with van der Waals surface area (Å²) in [7, 11) is -3.02. The minimum absolute atomic E-state index is 0. The Labute approximate surface area is 295 Å². The first-order valence-corrected chi connectivity index (χ1v) is 23.9. The summed E-state index contributed by atoms with van der Waals surface area (Å²) >= 11 is 0. The van der Waals surface area contributed by atoms with E-state index in [1.165, 1.54) is 21.7 Å². The van der Waals surface area contributed by atoms with Crippen molar-refractivity contribution in [3.8, 4) is 0 Å². The quantitative estimate of drug-likeness (QED) is 0.153. The average molecular weight is 870 g/mol. The van der Waals surface area contributed by atoms with Crippen molar-refractivity contribution in [1.29, 1.82) is 0 Å². The molecule has 4 atom stereocenters. The van der Waals surface area contributed by atoms with Gasteiger partial charge in [-0.3, -0.25) is 0 Å². The molecule has 0 fully saturated rings. The van der Waals surface area contributed by atoms with Gasteiger partial charge in [0, 0.05) is 22.4 Å². The van der Waals surface area contributed by atoms with Crippen molar-refractivity contribution in [2.24, 2.45) is 0 Å². The van der Waals surface area contributed by atoms with E-state index < -0.39 is 31.7 Å². The summed E-state index contributed by atoms with van der Waals surface area (Å²) in [5.74, 6) is 0. The third-order valence-corrected chi connectivity index (χ3v) is 22.8. The maximum atomic E-state index is 5.08. The van der Waals surface area contributed by atoms with Crippen LogP contribution in [0.1, 0.15) is 83.1 Å². The van der Waals surface area contributed by atoms with Crippen LogP contribution in [0.4, 0.5) is 0 Å². The molecule has 0 bridgehead atoms. The van der Waals surface area contributed by atoms with Crippen molar-refractivity contribution < 1.29 is 22.4 Å². The van der Waals surface area contributed by atoms with Crippen LogP contribution in [-0.4, -0.2) is 67.2 Å². The van der Waals surface area contributed by atoms with Gasteiger partial charge < -0.3 is 0 Å². The molecule has 2 aromatic carbocycles. The second-order valence-corrected chi connectivity index (χ2v) is 29.2. The summed E-state index contributed by atoms with van der Waals surface area (Å²) in [5.41, 5.74) is 9.39. The molecule has 0 saturated carbocycles.